The van der Waals surface area contributed by atoms with Gasteiger partial charge >= 0.3 is 0 Å². The molecule has 0 saturated heterocycles. The van der Waals surface area contributed by atoms with Gasteiger partial charge in [-0.2, -0.15) is 0 Å². The molecule has 194 valence electrons. The van der Waals surface area contributed by atoms with Crippen LogP contribution in [0.1, 0.15) is 96.5 Å². The van der Waals surface area contributed by atoms with Crippen molar-refractivity contribution in [1.29, 1.82) is 0 Å². The molecular formula is C29H32ClN3O3S. The van der Waals surface area contributed by atoms with E-state index in [2.05, 4.69) is 16.4 Å². The molecule has 0 unspecified atom stereocenters. The maximum atomic E-state index is 13.3. The summed E-state index contributed by atoms with van der Waals surface area (Å²) < 4.78 is 0. The Balaban J connectivity index is 1.24. The van der Waals surface area contributed by atoms with Gasteiger partial charge in [0.05, 0.1) is 23.2 Å². The number of hydrogen-bond acceptors (Lipinski definition) is 5. The molecule has 1 amide bonds. The summed E-state index contributed by atoms with van der Waals surface area (Å²) in [6.07, 6.45) is 8.53. The maximum absolute atomic E-state index is 13.3. The molecule has 2 saturated carbocycles. The number of carbonyl (C=O) groups excluding carboxylic acids is 1. The number of aliphatic hydroxyl groups is 1. The predicted octanol–water partition coefficient (Wildman–Crippen LogP) is 5.62. The van der Waals surface area contributed by atoms with Crippen LogP contribution in [0.3, 0.4) is 0 Å². The fourth-order valence-electron chi connectivity index (χ4n) is 6.01. The Hall–Kier alpha value is -2.48. The molecule has 8 heteroatoms. The summed E-state index contributed by atoms with van der Waals surface area (Å²) in [4.78, 5) is 37.5. The van der Waals surface area contributed by atoms with Crippen LogP contribution in [-0.2, 0) is 23.2 Å². The molecule has 1 aliphatic heterocycles. The van der Waals surface area contributed by atoms with Crippen molar-refractivity contribution in [3.05, 3.63) is 84.2 Å². The number of hydrogen-bond donors (Lipinski definition) is 2. The normalized spacial score (nSPS) is 20.2. The van der Waals surface area contributed by atoms with Gasteiger partial charge in [-0.15, -0.1) is 11.3 Å². The highest BCUT2D eigenvalue weighted by Gasteiger charge is 2.50. The number of benzene rings is 1. The molecule has 2 aromatic heterocycles. The number of halogens is 1. The molecular weight excluding hydrogens is 506 g/mol. The number of thiophene rings is 1. The third kappa shape index (κ3) is 4.77. The largest absolute Gasteiger partial charge is 0.378 e. The van der Waals surface area contributed by atoms with Crippen LogP contribution in [0.5, 0.6) is 0 Å². The van der Waals surface area contributed by atoms with Gasteiger partial charge in [-0.1, -0.05) is 43.0 Å². The van der Waals surface area contributed by atoms with E-state index in [1.54, 1.807) is 29.2 Å². The van der Waals surface area contributed by atoms with Gasteiger partial charge in [-0.25, -0.2) is 4.98 Å². The number of carbonyl (C=O) groups is 1. The summed E-state index contributed by atoms with van der Waals surface area (Å²) >= 11 is 7.85. The molecule has 2 aliphatic carbocycles. The molecule has 1 aromatic carbocycles. The lowest BCUT2D eigenvalue weighted by molar-refractivity contribution is -0.141. The molecule has 1 atom stereocenters. The van der Waals surface area contributed by atoms with Gasteiger partial charge in [0.15, 0.2) is 6.10 Å². The molecule has 3 aromatic rings. The molecule has 0 bridgehead atoms. The minimum absolute atomic E-state index is 0.145. The van der Waals surface area contributed by atoms with E-state index in [1.165, 1.54) is 42.5 Å². The van der Waals surface area contributed by atoms with Crippen molar-refractivity contribution in [2.45, 2.75) is 81.8 Å². The smallest absolute Gasteiger partial charge is 0.256 e. The lowest BCUT2D eigenvalue weighted by Crippen LogP contribution is -2.36. The van der Waals surface area contributed by atoms with Crippen molar-refractivity contribution in [2.75, 3.05) is 6.54 Å². The Bertz CT molecular complexity index is 1370. The quantitative estimate of drug-likeness (QED) is 0.442. The van der Waals surface area contributed by atoms with Gasteiger partial charge in [0.2, 0.25) is 0 Å². The van der Waals surface area contributed by atoms with Gasteiger partial charge in [-0.3, -0.25) is 9.59 Å². The van der Waals surface area contributed by atoms with E-state index < -0.39 is 12.0 Å². The average Bonchev–Trinajstić information content (AvgIpc) is 3.63. The van der Waals surface area contributed by atoms with Crippen molar-refractivity contribution in [3.8, 4) is 0 Å². The highest BCUT2D eigenvalue weighted by Crippen LogP contribution is 2.54. The Labute approximate surface area is 225 Å². The number of aromatic nitrogens is 2. The molecule has 3 aliphatic rings. The van der Waals surface area contributed by atoms with Crippen LogP contribution in [0.2, 0.25) is 5.02 Å². The summed E-state index contributed by atoms with van der Waals surface area (Å²) in [7, 11) is 0. The lowest BCUT2D eigenvalue weighted by atomic mass is 9.85. The number of H-pyrrole nitrogens is 1. The number of aliphatic hydroxyl groups excluding tert-OH is 1. The fraction of sp³-hybridized carbons (Fsp3) is 0.483. The summed E-state index contributed by atoms with van der Waals surface area (Å²) in [6, 6.07) is 9.06. The first kappa shape index (κ1) is 24.8. The van der Waals surface area contributed by atoms with Gasteiger partial charge in [0, 0.05) is 16.4 Å². The van der Waals surface area contributed by atoms with Crippen LogP contribution in [0.25, 0.3) is 0 Å². The number of aromatic amines is 1. The minimum Gasteiger partial charge on any atom is -0.378 e. The van der Waals surface area contributed by atoms with E-state index >= 15 is 0 Å². The van der Waals surface area contributed by atoms with Gasteiger partial charge in [0.25, 0.3) is 11.5 Å². The highest BCUT2D eigenvalue weighted by atomic mass is 35.5. The summed E-state index contributed by atoms with van der Waals surface area (Å²) in [5.74, 6) is 1.01. The van der Waals surface area contributed by atoms with Gasteiger partial charge < -0.3 is 15.0 Å². The molecule has 2 fully saturated rings. The fourth-order valence-corrected chi connectivity index (χ4v) is 7.46. The first-order valence-electron chi connectivity index (χ1n) is 13.4. The Morgan fingerprint density at radius 2 is 2.00 bits per heavy atom. The van der Waals surface area contributed by atoms with Crippen LogP contribution in [0.15, 0.2) is 40.5 Å². The number of aryl methyl sites for hydroxylation is 1. The van der Waals surface area contributed by atoms with Crippen LogP contribution >= 0.6 is 22.9 Å². The predicted molar refractivity (Wildman–Crippen MR) is 145 cm³/mol. The Morgan fingerprint density at radius 1 is 1.19 bits per heavy atom. The minimum atomic E-state index is -1.32. The van der Waals surface area contributed by atoms with Crippen molar-refractivity contribution in [1.82, 2.24) is 14.9 Å². The van der Waals surface area contributed by atoms with Crippen LogP contribution in [-0.4, -0.2) is 32.4 Å². The molecule has 37 heavy (non-hydrogen) atoms. The van der Waals surface area contributed by atoms with E-state index in [-0.39, 0.29) is 17.5 Å². The molecule has 2 N–H and O–H groups in total. The van der Waals surface area contributed by atoms with Gasteiger partial charge in [-0.05, 0) is 79.1 Å². The summed E-state index contributed by atoms with van der Waals surface area (Å²) in [5.41, 5.74) is 2.85. The second kappa shape index (κ2) is 10.0. The van der Waals surface area contributed by atoms with Crippen molar-refractivity contribution in [2.24, 2.45) is 0 Å². The zero-order valence-electron chi connectivity index (χ0n) is 20.8. The monoisotopic (exact) mass is 537 g/mol. The third-order valence-electron chi connectivity index (χ3n) is 8.37. The Morgan fingerprint density at radius 3 is 2.76 bits per heavy atom. The van der Waals surface area contributed by atoms with Crippen molar-refractivity contribution >= 4 is 28.8 Å². The zero-order valence-corrected chi connectivity index (χ0v) is 22.4. The summed E-state index contributed by atoms with van der Waals surface area (Å²) in [6.45, 7) is 0.606. The molecule has 0 radical (unpaired) electrons. The second-order valence-corrected chi connectivity index (χ2v) is 12.2. The summed E-state index contributed by atoms with van der Waals surface area (Å²) in [5, 5.41) is 13.5. The van der Waals surface area contributed by atoms with E-state index in [1.807, 2.05) is 11.3 Å². The number of nitrogens with zero attached hydrogens (tertiary/aromatic N) is 2. The standard InChI is InChI=1S/C29H32ClN3O3S/c30-21-9-4-8-19(14-21)25(34)27(36)33-13-5-10-23-22(16-33)26(35)32-28(31-23)29(11-12-29)24-15-20(17-37-24)18-6-2-1-3-7-18/h4,8-9,14-15,17-18,25,34H,1-3,5-7,10-13,16H2,(H,31,32,35)/t25-/m1/s1. The zero-order chi connectivity index (χ0) is 25.6. The van der Waals surface area contributed by atoms with Crippen molar-refractivity contribution in [3.63, 3.8) is 0 Å². The van der Waals surface area contributed by atoms with Crippen LogP contribution in [0, 0.1) is 0 Å². The lowest BCUT2D eigenvalue weighted by Gasteiger charge is -2.24. The van der Waals surface area contributed by atoms with E-state index in [9.17, 15) is 14.7 Å². The molecule has 3 heterocycles. The Kier molecular flexibility index (Phi) is 6.72. The molecule has 0 spiro atoms. The topological polar surface area (TPSA) is 86.3 Å². The van der Waals surface area contributed by atoms with Gasteiger partial charge in [0.1, 0.15) is 5.82 Å². The number of amides is 1. The van der Waals surface area contributed by atoms with E-state index in [4.69, 9.17) is 16.6 Å². The third-order valence-corrected chi connectivity index (χ3v) is 9.76. The SMILES string of the molecule is O=C([C@H](O)c1cccc(Cl)c1)N1CCCc2nc(C3(c4cc(C5CCCCC5)cs4)CC3)[nH]c(=O)c2C1. The highest BCUT2D eigenvalue weighted by molar-refractivity contribution is 7.10. The number of fused-ring (bicyclic) bond motifs is 1. The average molecular weight is 538 g/mol. The number of rotatable bonds is 5. The van der Waals surface area contributed by atoms with E-state index in [0.29, 0.717) is 41.5 Å². The van der Waals surface area contributed by atoms with Crippen LogP contribution < -0.4 is 5.56 Å². The van der Waals surface area contributed by atoms with E-state index in [0.717, 1.165) is 24.4 Å². The van der Waals surface area contributed by atoms with Crippen molar-refractivity contribution < 1.29 is 9.90 Å². The first-order valence-corrected chi connectivity index (χ1v) is 14.6. The molecule has 6 nitrogen and oxygen atoms in total. The molecule has 6 rings (SSSR count). The van der Waals surface area contributed by atoms with Crippen LogP contribution in [0.4, 0.5) is 0 Å². The first-order chi connectivity index (χ1) is 17.9. The maximum Gasteiger partial charge on any atom is 0.256 e. The second-order valence-electron chi connectivity index (χ2n) is 10.8. The number of nitrogens with one attached hydrogen (secondary N) is 1.